The zero-order valence-corrected chi connectivity index (χ0v) is 16.4. The summed E-state index contributed by atoms with van der Waals surface area (Å²) in [4.78, 5) is 14.9. The van der Waals surface area contributed by atoms with E-state index in [-0.39, 0.29) is 16.8 Å². The Morgan fingerprint density at radius 1 is 1.00 bits per heavy atom. The molecule has 1 saturated heterocycles. The average molecular weight is 388 g/mol. The van der Waals surface area contributed by atoms with E-state index in [0.29, 0.717) is 31.7 Å². The van der Waals surface area contributed by atoms with Crippen molar-refractivity contribution in [2.75, 3.05) is 33.2 Å². The number of sulfonamides is 1. The molecule has 0 aliphatic carbocycles. The fraction of sp³-hybridized carbons (Fsp3) is 0.350. The van der Waals surface area contributed by atoms with E-state index in [4.69, 9.17) is 0 Å². The summed E-state index contributed by atoms with van der Waals surface area (Å²) in [6, 6.07) is 15.7. The molecular weight excluding hydrogens is 362 g/mol. The first kappa shape index (κ1) is 19.5. The van der Waals surface area contributed by atoms with E-state index in [1.807, 2.05) is 44.3 Å². The topological polar surface area (TPSA) is 69.7 Å². The number of likely N-dealkylation sites (N-methyl/N-ethyl adjacent to an activating group) is 1. The van der Waals surface area contributed by atoms with Crippen molar-refractivity contribution in [1.82, 2.24) is 14.5 Å². The summed E-state index contributed by atoms with van der Waals surface area (Å²) in [5.41, 5.74) is 1.33. The fourth-order valence-electron chi connectivity index (χ4n) is 3.08. The fourth-order valence-corrected chi connectivity index (χ4v) is 4.55. The predicted octanol–water partition coefficient (Wildman–Crippen LogP) is 2.11. The van der Waals surface area contributed by atoms with Crippen LogP contribution in [0.5, 0.6) is 0 Å². The minimum Gasteiger partial charge on any atom is -0.346 e. The van der Waals surface area contributed by atoms with Gasteiger partial charge in [0.25, 0.3) is 5.91 Å². The third kappa shape index (κ3) is 4.55. The lowest BCUT2D eigenvalue weighted by atomic mass is 10.1. The number of carbonyl (C=O) groups is 1. The zero-order chi connectivity index (χ0) is 19.4. The Labute approximate surface area is 160 Å². The smallest absolute Gasteiger partial charge is 0.251 e. The van der Waals surface area contributed by atoms with Crippen LogP contribution in [0.15, 0.2) is 59.5 Å². The summed E-state index contributed by atoms with van der Waals surface area (Å²) in [5, 5.41) is 2.92. The van der Waals surface area contributed by atoms with Gasteiger partial charge in [-0.05, 0) is 37.7 Å². The first-order valence-electron chi connectivity index (χ1n) is 9.02. The highest BCUT2D eigenvalue weighted by molar-refractivity contribution is 7.89. The molecule has 1 aliphatic heterocycles. The van der Waals surface area contributed by atoms with Gasteiger partial charge in [0.1, 0.15) is 0 Å². The highest BCUT2D eigenvalue weighted by Crippen LogP contribution is 2.19. The Hall–Kier alpha value is -2.22. The molecule has 7 heteroatoms. The number of piperazine rings is 1. The molecular formula is C20H25N3O3S. The third-order valence-corrected chi connectivity index (χ3v) is 6.74. The molecule has 1 aliphatic rings. The maximum Gasteiger partial charge on any atom is 0.251 e. The summed E-state index contributed by atoms with van der Waals surface area (Å²) in [5.74, 6) is -0.290. The molecule has 27 heavy (non-hydrogen) atoms. The van der Waals surface area contributed by atoms with Crippen LogP contribution < -0.4 is 5.32 Å². The molecule has 0 spiro atoms. The molecule has 6 nitrogen and oxygen atoms in total. The molecule has 1 fully saturated rings. The maximum atomic E-state index is 12.9. The molecule has 1 N–H and O–H groups in total. The zero-order valence-electron chi connectivity index (χ0n) is 15.6. The van der Waals surface area contributed by atoms with Gasteiger partial charge < -0.3 is 10.2 Å². The van der Waals surface area contributed by atoms with Crippen LogP contribution in [0.3, 0.4) is 0 Å². The standard InChI is InChI=1S/C20H25N3O3S/c1-16(17-7-4-3-5-8-17)21-20(24)18-9-6-10-19(15-18)27(25,26)23-13-11-22(2)12-14-23/h3-10,15-16H,11-14H2,1-2H3,(H,21,24)/t16-/m1/s1. The van der Waals surface area contributed by atoms with Gasteiger partial charge in [0.2, 0.25) is 10.0 Å². The van der Waals surface area contributed by atoms with Gasteiger partial charge in [0.05, 0.1) is 10.9 Å². The van der Waals surface area contributed by atoms with Gasteiger partial charge in [-0.15, -0.1) is 0 Å². The van der Waals surface area contributed by atoms with Crippen LogP contribution >= 0.6 is 0 Å². The summed E-state index contributed by atoms with van der Waals surface area (Å²) in [7, 11) is -1.62. The van der Waals surface area contributed by atoms with Crippen molar-refractivity contribution in [3.8, 4) is 0 Å². The van der Waals surface area contributed by atoms with Crippen molar-refractivity contribution in [1.29, 1.82) is 0 Å². The minimum absolute atomic E-state index is 0.159. The van der Waals surface area contributed by atoms with Crippen molar-refractivity contribution >= 4 is 15.9 Å². The van der Waals surface area contributed by atoms with Gasteiger partial charge in [-0.1, -0.05) is 36.4 Å². The van der Waals surface area contributed by atoms with E-state index in [1.54, 1.807) is 18.2 Å². The molecule has 0 saturated carbocycles. The van der Waals surface area contributed by atoms with Crippen LogP contribution in [-0.2, 0) is 10.0 Å². The molecule has 0 radical (unpaired) electrons. The average Bonchev–Trinajstić information content (AvgIpc) is 2.69. The van der Waals surface area contributed by atoms with Crippen molar-refractivity contribution in [2.45, 2.75) is 17.9 Å². The highest BCUT2D eigenvalue weighted by Gasteiger charge is 2.28. The Morgan fingerprint density at radius 3 is 2.33 bits per heavy atom. The van der Waals surface area contributed by atoms with Crippen molar-refractivity contribution in [2.24, 2.45) is 0 Å². The van der Waals surface area contributed by atoms with Crippen molar-refractivity contribution < 1.29 is 13.2 Å². The minimum atomic E-state index is -3.60. The van der Waals surface area contributed by atoms with Gasteiger partial charge in [0.15, 0.2) is 0 Å². The van der Waals surface area contributed by atoms with E-state index < -0.39 is 10.0 Å². The lowest BCUT2D eigenvalue weighted by Crippen LogP contribution is -2.47. The van der Waals surface area contributed by atoms with Crippen LogP contribution in [0.1, 0.15) is 28.9 Å². The molecule has 2 aromatic rings. The molecule has 3 rings (SSSR count). The Morgan fingerprint density at radius 2 is 1.67 bits per heavy atom. The number of nitrogens with one attached hydrogen (secondary N) is 1. The van der Waals surface area contributed by atoms with Gasteiger partial charge >= 0.3 is 0 Å². The molecule has 1 heterocycles. The van der Waals surface area contributed by atoms with Crippen molar-refractivity contribution in [3.63, 3.8) is 0 Å². The Balaban J connectivity index is 1.76. The lowest BCUT2D eigenvalue weighted by molar-refractivity contribution is 0.0939. The van der Waals surface area contributed by atoms with Crippen LogP contribution in [0.25, 0.3) is 0 Å². The predicted molar refractivity (Wildman–Crippen MR) is 105 cm³/mol. The molecule has 0 unspecified atom stereocenters. The van der Waals surface area contributed by atoms with Gasteiger partial charge in [0, 0.05) is 31.7 Å². The van der Waals surface area contributed by atoms with E-state index >= 15 is 0 Å². The van der Waals surface area contributed by atoms with Crippen LogP contribution in [0.4, 0.5) is 0 Å². The number of hydrogen-bond donors (Lipinski definition) is 1. The quantitative estimate of drug-likeness (QED) is 0.853. The third-order valence-electron chi connectivity index (χ3n) is 4.84. The van der Waals surface area contributed by atoms with Gasteiger partial charge in [-0.25, -0.2) is 8.42 Å². The maximum absolute atomic E-state index is 12.9. The largest absolute Gasteiger partial charge is 0.346 e. The van der Waals surface area contributed by atoms with Crippen LogP contribution in [0.2, 0.25) is 0 Å². The normalized spacial score (nSPS) is 17.4. The van der Waals surface area contributed by atoms with Crippen LogP contribution in [0, 0.1) is 0 Å². The number of rotatable bonds is 5. The Bertz CT molecular complexity index is 892. The molecule has 0 bridgehead atoms. The SMILES string of the molecule is C[C@@H](NC(=O)c1cccc(S(=O)(=O)N2CCN(C)CC2)c1)c1ccccc1. The molecule has 1 amide bonds. The molecule has 0 aromatic heterocycles. The molecule has 2 aromatic carbocycles. The van der Waals surface area contributed by atoms with E-state index in [2.05, 4.69) is 10.2 Å². The number of benzene rings is 2. The molecule has 144 valence electrons. The number of nitrogens with zero attached hydrogens (tertiary/aromatic N) is 2. The van der Waals surface area contributed by atoms with Crippen LogP contribution in [-0.4, -0.2) is 56.8 Å². The van der Waals surface area contributed by atoms with Gasteiger partial charge in [-0.2, -0.15) is 4.31 Å². The van der Waals surface area contributed by atoms with E-state index in [9.17, 15) is 13.2 Å². The summed E-state index contributed by atoms with van der Waals surface area (Å²) in [6.45, 7) is 4.22. The summed E-state index contributed by atoms with van der Waals surface area (Å²) >= 11 is 0. The van der Waals surface area contributed by atoms with E-state index in [0.717, 1.165) is 5.56 Å². The first-order chi connectivity index (χ1) is 12.9. The number of amides is 1. The monoisotopic (exact) mass is 387 g/mol. The number of carbonyl (C=O) groups excluding carboxylic acids is 1. The molecule has 1 atom stereocenters. The van der Waals surface area contributed by atoms with Gasteiger partial charge in [-0.3, -0.25) is 4.79 Å². The summed E-state index contributed by atoms with van der Waals surface area (Å²) in [6.07, 6.45) is 0. The highest BCUT2D eigenvalue weighted by atomic mass is 32.2. The Kier molecular flexibility index (Phi) is 5.94. The second-order valence-electron chi connectivity index (χ2n) is 6.84. The first-order valence-corrected chi connectivity index (χ1v) is 10.5. The second kappa shape index (κ2) is 8.21. The lowest BCUT2D eigenvalue weighted by Gasteiger charge is -2.31. The van der Waals surface area contributed by atoms with E-state index in [1.165, 1.54) is 10.4 Å². The second-order valence-corrected chi connectivity index (χ2v) is 8.78. The summed E-state index contributed by atoms with van der Waals surface area (Å²) < 4.78 is 27.3. The van der Waals surface area contributed by atoms with Crippen molar-refractivity contribution in [3.05, 3.63) is 65.7 Å². The number of hydrogen-bond acceptors (Lipinski definition) is 4.